The summed E-state index contributed by atoms with van der Waals surface area (Å²) in [4.78, 5) is 2.46. The molecule has 1 unspecified atom stereocenters. The second-order valence-electron chi connectivity index (χ2n) is 3.42. The van der Waals surface area contributed by atoms with Gasteiger partial charge in [-0.05, 0) is 25.7 Å². The van der Waals surface area contributed by atoms with Gasteiger partial charge in [-0.15, -0.1) is 0 Å². The van der Waals surface area contributed by atoms with E-state index >= 15 is 0 Å². The molecule has 0 aromatic carbocycles. The van der Waals surface area contributed by atoms with Crippen molar-refractivity contribution in [2.24, 2.45) is 5.73 Å². The minimum atomic E-state index is 0.347. The van der Waals surface area contributed by atoms with Crippen LogP contribution in [0.2, 0.25) is 0 Å². The molecule has 0 amide bonds. The molecule has 1 heterocycles. The Kier molecular flexibility index (Phi) is 3.34. The molecule has 2 nitrogen and oxygen atoms in total. The van der Waals surface area contributed by atoms with Crippen LogP contribution in [0, 0.1) is 0 Å². The Morgan fingerprint density at radius 2 is 2.09 bits per heavy atom. The summed E-state index contributed by atoms with van der Waals surface area (Å²) in [6.07, 6.45) is 5.31. The molecule has 0 bridgehead atoms. The van der Waals surface area contributed by atoms with Gasteiger partial charge in [0.05, 0.1) is 6.17 Å². The van der Waals surface area contributed by atoms with E-state index in [1.54, 1.807) is 0 Å². The Bertz CT molecular complexity index is 110. The molecule has 0 radical (unpaired) electrons. The average molecular weight is 156 g/mol. The molecule has 1 atom stereocenters. The molecular formula is C9H20N2. The third kappa shape index (κ3) is 1.94. The van der Waals surface area contributed by atoms with Crippen LogP contribution >= 0.6 is 0 Å². The van der Waals surface area contributed by atoms with Gasteiger partial charge in [-0.1, -0.05) is 13.8 Å². The van der Waals surface area contributed by atoms with E-state index in [0.29, 0.717) is 6.17 Å². The van der Waals surface area contributed by atoms with Crippen LogP contribution in [0.25, 0.3) is 0 Å². The van der Waals surface area contributed by atoms with Gasteiger partial charge in [0.15, 0.2) is 0 Å². The van der Waals surface area contributed by atoms with Crippen molar-refractivity contribution in [2.75, 3.05) is 6.54 Å². The fraction of sp³-hybridized carbons (Fsp3) is 1.00. The number of hydrogen-bond donors (Lipinski definition) is 1. The molecule has 0 aromatic heterocycles. The zero-order valence-corrected chi connectivity index (χ0v) is 7.71. The van der Waals surface area contributed by atoms with Crippen LogP contribution in [0.1, 0.15) is 39.5 Å². The lowest BCUT2D eigenvalue weighted by atomic mass is 10.1. The van der Waals surface area contributed by atoms with Crippen LogP contribution in [-0.4, -0.2) is 23.7 Å². The minimum Gasteiger partial charge on any atom is -0.316 e. The Balaban J connectivity index is 2.43. The number of hydrogen-bond acceptors (Lipinski definition) is 2. The monoisotopic (exact) mass is 156 g/mol. The standard InChI is InChI=1S/C9H20N2/c1-3-8(4-2)11-7-5-6-9(11)10/h8-9H,3-7,10H2,1-2H3. The van der Waals surface area contributed by atoms with Crippen LogP contribution in [0.4, 0.5) is 0 Å². The Hall–Kier alpha value is -0.0800. The zero-order chi connectivity index (χ0) is 8.27. The van der Waals surface area contributed by atoms with Gasteiger partial charge in [0.1, 0.15) is 0 Å². The topological polar surface area (TPSA) is 29.3 Å². The first-order valence-corrected chi connectivity index (χ1v) is 4.80. The van der Waals surface area contributed by atoms with Crippen LogP contribution in [0.3, 0.4) is 0 Å². The van der Waals surface area contributed by atoms with Crippen molar-refractivity contribution in [1.82, 2.24) is 4.90 Å². The first-order valence-electron chi connectivity index (χ1n) is 4.80. The lowest BCUT2D eigenvalue weighted by Crippen LogP contribution is -2.43. The van der Waals surface area contributed by atoms with Gasteiger partial charge < -0.3 is 5.73 Å². The molecule has 1 fully saturated rings. The van der Waals surface area contributed by atoms with Gasteiger partial charge in [-0.3, -0.25) is 4.90 Å². The summed E-state index contributed by atoms with van der Waals surface area (Å²) in [5, 5.41) is 0. The van der Waals surface area contributed by atoms with E-state index in [4.69, 9.17) is 5.73 Å². The Morgan fingerprint density at radius 3 is 2.45 bits per heavy atom. The summed E-state index contributed by atoms with van der Waals surface area (Å²) in [5.41, 5.74) is 5.96. The molecule has 0 aliphatic carbocycles. The van der Waals surface area contributed by atoms with E-state index in [2.05, 4.69) is 18.7 Å². The number of rotatable bonds is 3. The second-order valence-corrected chi connectivity index (χ2v) is 3.42. The number of nitrogens with zero attached hydrogens (tertiary/aromatic N) is 1. The summed E-state index contributed by atoms with van der Waals surface area (Å²) >= 11 is 0. The molecule has 1 rings (SSSR count). The van der Waals surface area contributed by atoms with Crippen LogP contribution in [-0.2, 0) is 0 Å². The summed E-state index contributed by atoms with van der Waals surface area (Å²) in [6.45, 7) is 5.71. The normalized spacial score (nSPS) is 26.7. The molecule has 66 valence electrons. The largest absolute Gasteiger partial charge is 0.316 e. The predicted molar refractivity (Wildman–Crippen MR) is 48.3 cm³/mol. The first-order chi connectivity index (χ1) is 5.29. The van der Waals surface area contributed by atoms with Gasteiger partial charge in [-0.2, -0.15) is 0 Å². The van der Waals surface area contributed by atoms with Crippen molar-refractivity contribution in [3.8, 4) is 0 Å². The van der Waals surface area contributed by atoms with Crippen LogP contribution < -0.4 is 5.73 Å². The molecule has 1 aliphatic rings. The highest BCUT2D eigenvalue weighted by molar-refractivity contribution is 4.79. The van der Waals surface area contributed by atoms with Crippen LogP contribution in [0.15, 0.2) is 0 Å². The van der Waals surface area contributed by atoms with Crippen molar-refractivity contribution >= 4 is 0 Å². The molecular weight excluding hydrogens is 136 g/mol. The molecule has 1 aliphatic heterocycles. The Morgan fingerprint density at radius 1 is 1.45 bits per heavy atom. The van der Waals surface area contributed by atoms with Gasteiger partial charge in [0, 0.05) is 12.6 Å². The quantitative estimate of drug-likeness (QED) is 0.672. The summed E-state index contributed by atoms with van der Waals surface area (Å²) in [6, 6.07) is 0.729. The zero-order valence-electron chi connectivity index (χ0n) is 7.71. The van der Waals surface area contributed by atoms with Crippen molar-refractivity contribution in [2.45, 2.75) is 51.7 Å². The number of likely N-dealkylation sites (tertiary alicyclic amines) is 1. The van der Waals surface area contributed by atoms with Gasteiger partial charge in [0.25, 0.3) is 0 Å². The van der Waals surface area contributed by atoms with Gasteiger partial charge >= 0.3 is 0 Å². The van der Waals surface area contributed by atoms with Gasteiger partial charge in [-0.25, -0.2) is 0 Å². The van der Waals surface area contributed by atoms with E-state index in [1.807, 2.05) is 0 Å². The average Bonchev–Trinajstić information content (AvgIpc) is 2.40. The summed E-state index contributed by atoms with van der Waals surface area (Å²) in [5.74, 6) is 0. The highest BCUT2D eigenvalue weighted by Crippen LogP contribution is 2.19. The minimum absolute atomic E-state index is 0.347. The molecule has 1 saturated heterocycles. The van der Waals surface area contributed by atoms with E-state index in [9.17, 15) is 0 Å². The van der Waals surface area contributed by atoms with Gasteiger partial charge in [0.2, 0.25) is 0 Å². The lowest BCUT2D eigenvalue weighted by Gasteiger charge is -2.29. The van der Waals surface area contributed by atoms with E-state index in [0.717, 1.165) is 6.04 Å². The first kappa shape index (κ1) is 9.01. The Labute approximate surface area is 69.8 Å². The maximum Gasteiger partial charge on any atom is 0.0574 e. The van der Waals surface area contributed by atoms with Crippen molar-refractivity contribution < 1.29 is 0 Å². The summed E-state index contributed by atoms with van der Waals surface area (Å²) in [7, 11) is 0. The van der Waals surface area contributed by atoms with E-state index in [1.165, 1.54) is 32.2 Å². The molecule has 2 N–H and O–H groups in total. The maximum atomic E-state index is 5.96. The van der Waals surface area contributed by atoms with Crippen molar-refractivity contribution in [3.05, 3.63) is 0 Å². The maximum absolute atomic E-state index is 5.96. The SMILES string of the molecule is CCC(CC)N1CCCC1N. The third-order valence-electron chi connectivity index (χ3n) is 2.75. The third-order valence-corrected chi connectivity index (χ3v) is 2.75. The fourth-order valence-electron chi connectivity index (χ4n) is 2.03. The van der Waals surface area contributed by atoms with Crippen LogP contribution in [0.5, 0.6) is 0 Å². The molecule has 11 heavy (non-hydrogen) atoms. The van der Waals surface area contributed by atoms with Crippen molar-refractivity contribution in [3.63, 3.8) is 0 Å². The molecule has 0 spiro atoms. The van der Waals surface area contributed by atoms with E-state index in [-0.39, 0.29) is 0 Å². The number of nitrogens with two attached hydrogens (primary N) is 1. The molecule has 0 saturated carbocycles. The highest BCUT2D eigenvalue weighted by atomic mass is 15.3. The highest BCUT2D eigenvalue weighted by Gasteiger charge is 2.25. The summed E-state index contributed by atoms with van der Waals surface area (Å²) < 4.78 is 0. The molecule has 2 heteroatoms. The fourth-order valence-corrected chi connectivity index (χ4v) is 2.03. The van der Waals surface area contributed by atoms with E-state index < -0.39 is 0 Å². The smallest absolute Gasteiger partial charge is 0.0574 e. The molecule has 0 aromatic rings. The predicted octanol–water partition coefficient (Wildman–Crippen LogP) is 1.56. The van der Waals surface area contributed by atoms with Crippen molar-refractivity contribution in [1.29, 1.82) is 0 Å². The second kappa shape index (κ2) is 4.07. The lowest BCUT2D eigenvalue weighted by molar-refractivity contribution is 0.173.